The number of benzene rings is 1. The highest BCUT2D eigenvalue weighted by atomic mass is 15.2. The molecule has 0 bridgehead atoms. The van der Waals surface area contributed by atoms with Crippen molar-refractivity contribution >= 4 is 11.4 Å². The monoisotopic (exact) mass is 230 g/mol. The van der Waals surface area contributed by atoms with Crippen molar-refractivity contribution in [1.82, 2.24) is 0 Å². The third-order valence-electron chi connectivity index (χ3n) is 4.27. The summed E-state index contributed by atoms with van der Waals surface area (Å²) in [5.41, 5.74) is 4.41. The molecule has 0 spiro atoms. The molecule has 0 aromatic heterocycles. The van der Waals surface area contributed by atoms with E-state index in [1.807, 2.05) is 0 Å². The van der Waals surface area contributed by atoms with Crippen LogP contribution in [0.4, 0.5) is 11.4 Å². The molecule has 1 unspecified atom stereocenters. The van der Waals surface area contributed by atoms with Crippen LogP contribution in [0.5, 0.6) is 0 Å². The number of anilines is 2. The van der Waals surface area contributed by atoms with E-state index < -0.39 is 0 Å². The predicted molar refractivity (Wildman–Crippen MR) is 73.9 cm³/mol. The molecule has 1 fully saturated rings. The van der Waals surface area contributed by atoms with E-state index in [4.69, 9.17) is 0 Å². The van der Waals surface area contributed by atoms with E-state index in [1.54, 1.807) is 5.56 Å². The smallest absolute Gasteiger partial charge is 0.0419 e. The normalized spacial score (nSPS) is 23.4. The van der Waals surface area contributed by atoms with Gasteiger partial charge < -0.3 is 10.2 Å². The van der Waals surface area contributed by atoms with E-state index in [9.17, 15) is 0 Å². The zero-order chi connectivity index (χ0) is 11.7. The first-order valence-corrected chi connectivity index (χ1v) is 6.99. The van der Waals surface area contributed by atoms with Crippen LogP contribution in [-0.4, -0.2) is 19.6 Å². The van der Waals surface area contributed by atoms with Crippen LogP contribution in [-0.2, 0) is 6.42 Å². The van der Waals surface area contributed by atoms with Crippen molar-refractivity contribution in [3.63, 3.8) is 0 Å². The van der Waals surface area contributed by atoms with E-state index in [-0.39, 0.29) is 0 Å². The van der Waals surface area contributed by atoms with Gasteiger partial charge in [-0.1, -0.05) is 19.4 Å². The van der Waals surface area contributed by atoms with Crippen molar-refractivity contribution < 1.29 is 0 Å². The summed E-state index contributed by atoms with van der Waals surface area (Å²) >= 11 is 0. The van der Waals surface area contributed by atoms with Gasteiger partial charge in [0.1, 0.15) is 0 Å². The summed E-state index contributed by atoms with van der Waals surface area (Å²) in [5, 5.41) is 3.52. The van der Waals surface area contributed by atoms with E-state index >= 15 is 0 Å². The van der Waals surface area contributed by atoms with Crippen LogP contribution < -0.4 is 10.2 Å². The predicted octanol–water partition coefficient (Wildman–Crippen LogP) is 3.28. The second-order valence-corrected chi connectivity index (χ2v) is 5.34. The first kappa shape index (κ1) is 10.9. The van der Waals surface area contributed by atoms with Gasteiger partial charge in [0.05, 0.1) is 0 Å². The van der Waals surface area contributed by atoms with E-state index in [0.29, 0.717) is 0 Å². The molecule has 1 aromatic rings. The van der Waals surface area contributed by atoms with Gasteiger partial charge in [0.25, 0.3) is 0 Å². The van der Waals surface area contributed by atoms with Gasteiger partial charge in [-0.05, 0) is 42.9 Å². The molecule has 2 heteroatoms. The summed E-state index contributed by atoms with van der Waals surface area (Å²) in [7, 11) is 0. The maximum absolute atomic E-state index is 3.52. The quantitative estimate of drug-likeness (QED) is 0.838. The van der Waals surface area contributed by atoms with Gasteiger partial charge in [0.15, 0.2) is 0 Å². The van der Waals surface area contributed by atoms with Crippen molar-refractivity contribution in [3.8, 4) is 0 Å². The molecule has 2 aliphatic heterocycles. The van der Waals surface area contributed by atoms with Crippen molar-refractivity contribution in [1.29, 1.82) is 0 Å². The highest BCUT2D eigenvalue weighted by Gasteiger charge is 2.24. The molecule has 17 heavy (non-hydrogen) atoms. The molecule has 92 valence electrons. The molecular formula is C15H22N2. The minimum atomic E-state index is 0.905. The van der Waals surface area contributed by atoms with Crippen molar-refractivity contribution in [2.75, 3.05) is 29.9 Å². The largest absolute Gasteiger partial charge is 0.385 e. The summed E-state index contributed by atoms with van der Waals surface area (Å²) in [6.45, 7) is 5.95. The first-order chi connectivity index (χ1) is 8.38. The van der Waals surface area contributed by atoms with Crippen LogP contribution in [0, 0.1) is 5.92 Å². The lowest BCUT2D eigenvalue weighted by molar-refractivity contribution is 0.569. The second kappa shape index (κ2) is 4.59. The SMILES string of the molecule is CCC1CCN(c2cccc3c2CCCN3)C1. The highest BCUT2D eigenvalue weighted by Crippen LogP contribution is 2.34. The van der Waals surface area contributed by atoms with Gasteiger partial charge >= 0.3 is 0 Å². The maximum Gasteiger partial charge on any atom is 0.0419 e. The average molecular weight is 230 g/mol. The topological polar surface area (TPSA) is 15.3 Å². The van der Waals surface area contributed by atoms with Gasteiger partial charge in [-0.15, -0.1) is 0 Å². The molecule has 1 N–H and O–H groups in total. The second-order valence-electron chi connectivity index (χ2n) is 5.34. The molecule has 1 saturated heterocycles. The lowest BCUT2D eigenvalue weighted by Gasteiger charge is -2.27. The zero-order valence-electron chi connectivity index (χ0n) is 10.7. The Morgan fingerprint density at radius 2 is 2.35 bits per heavy atom. The number of nitrogens with one attached hydrogen (secondary N) is 1. The van der Waals surface area contributed by atoms with Crippen LogP contribution in [0.1, 0.15) is 31.7 Å². The highest BCUT2D eigenvalue weighted by molar-refractivity contribution is 5.68. The van der Waals surface area contributed by atoms with Gasteiger partial charge in [0, 0.05) is 31.0 Å². The number of hydrogen-bond donors (Lipinski definition) is 1. The number of rotatable bonds is 2. The molecule has 2 heterocycles. The Balaban J connectivity index is 1.88. The summed E-state index contributed by atoms with van der Waals surface area (Å²) in [5.74, 6) is 0.905. The van der Waals surface area contributed by atoms with E-state index in [0.717, 1.165) is 12.5 Å². The fraction of sp³-hybridized carbons (Fsp3) is 0.600. The lowest BCUT2D eigenvalue weighted by atomic mass is 10.0. The molecule has 0 aliphatic carbocycles. The molecule has 2 aliphatic rings. The Kier molecular flexibility index (Phi) is 2.96. The fourth-order valence-electron chi connectivity index (χ4n) is 3.17. The molecule has 3 rings (SSSR count). The van der Waals surface area contributed by atoms with Crippen LogP contribution >= 0.6 is 0 Å². The van der Waals surface area contributed by atoms with Crippen molar-refractivity contribution in [3.05, 3.63) is 23.8 Å². The molecular weight excluding hydrogens is 208 g/mol. The zero-order valence-corrected chi connectivity index (χ0v) is 10.7. The van der Waals surface area contributed by atoms with Crippen LogP contribution in [0.25, 0.3) is 0 Å². The van der Waals surface area contributed by atoms with Crippen LogP contribution in [0.2, 0.25) is 0 Å². The Labute approximate surface area is 104 Å². The Bertz CT molecular complexity index is 400. The Morgan fingerprint density at radius 1 is 1.41 bits per heavy atom. The molecule has 0 saturated carbocycles. The minimum Gasteiger partial charge on any atom is -0.385 e. The van der Waals surface area contributed by atoms with E-state index in [1.165, 1.54) is 50.1 Å². The summed E-state index contributed by atoms with van der Waals surface area (Å²) < 4.78 is 0. The van der Waals surface area contributed by atoms with Gasteiger partial charge in [-0.2, -0.15) is 0 Å². The van der Waals surface area contributed by atoms with Gasteiger partial charge in [-0.25, -0.2) is 0 Å². The third-order valence-corrected chi connectivity index (χ3v) is 4.27. The standard InChI is InChI=1S/C15H22N2/c1-2-12-8-10-17(11-12)15-7-3-6-14-13(15)5-4-9-16-14/h3,6-7,12,16H,2,4-5,8-11H2,1H3. The molecule has 0 amide bonds. The van der Waals surface area contributed by atoms with Crippen LogP contribution in [0.15, 0.2) is 18.2 Å². The minimum absolute atomic E-state index is 0.905. The number of fused-ring (bicyclic) bond motifs is 1. The lowest BCUT2D eigenvalue weighted by Crippen LogP contribution is -2.23. The number of nitrogens with zero attached hydrogens (tertiary/aromatic N) is 1. The summed E-state index contributed by atoms with van der Waals surface area (Å²) in [4.78, 5) is 2.60. The maximum atomic E-state index is 3.52. The first-order valence-electron chi connectivity index (χ1n) is 6.99. The molecule has 1 aromatic carbocycles. The Hall–Kier alpha value is -1.18. The molecule has 0 radical (unpaired) electrons. The molecule has 2 nitrogen and oxygen atoms in total. The van der Waals surface area contributed by atoms with Crippen LogP contribution in [0.3, 0.4) is 0 Å². The third kappa shape index (κ3) is 2.01. The summed E-state index contributed by atoms with van der Waals surface area (Å²) in [6, 6.07) is 6.74. The van der Waals surface area contributed by atoms with Gasteiger partial charge in [-0.3, -0.25) is 0 Å². The van der Waals surface area contributed by atoms with Crippen molar-refractivity contribution in [2.24, 2.45) is 5.92 Å². The molecule has 1 atom stereocenters. The summed E-state index contributed by atoms with van der Waals surface area (Å²) in [6.07, 6.45) is 5.21. The number of hydrogen-bond acceptors (Lipinski definition) is 2. The average Bonchev–Trinajstić information content (AvgIpc) is 2.87. The Morgan fingerprint density at radius 3 is 3.18 bits per heavy atom. The van der Waals surface area contributed by atoms with E-state index in [2.05, 4.69) is 35.3 Å². The van der Waals surface area contributed by atoms with Gasteiger partial charge in [0.2, 0.25) is 0 Å². The van der Waals surface area contributed by atoms with Crippen molar-refractivity contribution in [2.45, 2.75) is 32.6 Å². The fourth-order valence-corrected chi connectivity index (χ4v) is 3.17.